The molecule has 2 bridgehead atoms. The predicted molar refractivity (Wildman–Crippen MR) is 127 cm³/mol. The van der Waals surface area contributed by atoms with Crippen LogP contribution in [0.2, 0.25) is 5.02 Å². The van der Waals surface area contributed by atoms with Crippen LogP contribution in [0.1, 0.15) is 35.3 Å². The van der Waals surface area contributed by atoms with Gasteiger partial charge in [-0.05, 0) is 49.6 Å². The Morgan fingerprint density at radius 1 is 1.29 bits per heavy atom. The van der Waals surface area contributed by atoms with Gasteiger partial charge in [-0.3, -0.25) is 9.78 Å². The van der Waals surface area contributed by atoms with E-state index >= 15 is 0 Å². The second kappa shape index (κ2) is 9.85. The maximum Gasteiger partial charge on any atom is 0.337 e. The molecule has 0 spiro atoms. The minimum Gasteiger partial charge on any atom is -0.465 e. The van der Waals surface area contributed by atoms with Crippen LogP contribution in [-0.2, 0) is 26.1 Å². The number of methoxy groups -OCH3 is 1. The Hall–Kier alpha value is -2.75. The van der Waals surface area contributed by atoms with E-state index in [1.165, 1.54) is 29.6 Å². The molecule has 4 rings (SSSR count). The summed E-state index contributed by atoms with van der Waals surface area (Å²) in [4.78, 5) is 31.6. The second-order valence-electron chi connectivity index (χ2n) is 8.46. The fraction of sp³-hybridized carbons (Fsp3) is 0.375. The molecule has 10 heteroatoms. The molecule has 8 nitrogen and oxygen atoms in total. The van der Waals surface area contributed by atoms with Crippen molar-refractivity contribution in [2.45, 2.75) is 42.8 Å². The molecule has 0 radical (unpaired) electrons. The number of carbonyl (C=O) groups is 2. The third-order valence-corrected chi connectivity index (χ3v) is 8.51. The van der Waals surface area contributed by atoms with Crippen molar-refractivity contribution in [3.63, 3.8) is 0 Å². The fourth-order valence-electron chi connectivity index (χ4n) is 4.79. The number of halogens is 1. The van der Waals surface area contributed by atoms with Gasteiger partial charge in [0.05, 0.1) is 29.8 Å². The van der Waals surface area contributed by atoms with E-state index in [4.69, 9.17) is 16.3 Å². The molecule has 2 fully saturated rings. The summed E-state index contributed by atoms with van der Waals surface area (Å²) in [5.41, 5.74) is 0.749. The summed E-state index contributed by atoms with van der Waals surface area (Å²) in [7, 11) is -2.96. The van der Waals surface area contributed by atoms with Crippen molar-refractivity contribution in [1.29, 1.82) is 0 Å². The molecule has 0 saturated carbocycles. The number of carbonyl (C=O) groups excluding carboxylic acids is 2. The Labute approximate surface area is 204 Å². The minimum absolute atomic E-state index is 0.0249. The number of fused-ring (bicyclic) bond motifs is 2. The number of hydrogen-bond acceptors (Lipinski definition) is 6. The maximum atomic E-state index is 13.9. The molecule has 2 aliphatic heterocycles. The number of aromatic nitrogens is 1. The van der Waals surface area contributed by atoms with Crippen LogP contribution >= 0.6 is 11.6 Å². The highest BCUT2D eigenvalue weighted by atomic mass is 35.5. The van der Waals surface area contributed by atoms with Gasteiger partial charge in [0, 0.05) is 29.7 Å². The lowest BCUT2D eigenvalue weighted by atomic mass is 9.90. The van der Waals surface area contributed by atoms with Gasteiger partial charge in [0.25, 0.3) is 0 Å². The van der Waals surface area contributed by atoms with Gasteiger partial charge in [-0.1, -0.05) is 23.7 Å². The smallest absolute Gasteiger partial charge is 0.337 e. The first-order valence-electron chi connectivity index (χ1n) is 11.0. The number of nitrogens with zero attached hydrogens (tertiary/aromatic N) is 3. The van der Waals surface area contributed by atoms with Crippen molar-refractivity contribution in [2.75, 3.05) is 13.7 Å². The lowest BCUT2D eigenvalue weighted by Gasteiger charge is -2.40. The van der Waals surface area contributed by atoms with E-state index in [2.05, 4.69) is 11.6 Å². The van der Waals surface area contributed by atoms with Gasteiger partial charge in [-0.2, -0.15) is 4.31 Å². The summed E-state index contributed by atoms with van der Waals surface area (Å²) in [6, 6.07) is 8.06. The Morgan fingerprint density at radius 2 is 2.09 bits per heavy atom. The molecule has 1 amide bonds. The van der Waals surface area contributed by atoms with Crippen LogP contribution in [0.3, 0.4) is 0 Å². The summed E-state index contributed by atoms with van der Waals surface area (Å²) >= 11 is 6.16. The first-order chi connectivity index (χ1) is 16.3. The van der Waals surface area contributed by atoms with Crippen LogP contribution < -0.4 is 0 Å². The van der Waals surface area contributed by atoms with Crippen molar-refractivity contribution >= 4 is 33.5 Å². The zero-order chi connectivity index (χ0) is 24.5. The van der Waals surface area contributed by atoms with Crippen LogP contribution in [0.25, 0.3) is 0 Å². The molecule has 2 saturated heterocycles. The van der Waals surface area contributed by atoms with E-state index in [0.717, 1.165) is 12.1 Å². The molecule has 34 heavy (non-hydrogen) atoms. The predicted octanol–water partition coefficient (Wildman–Crippen LogP) is 3.28. The number of piperidine rings is 1. The molecule has 1 unspecified atom stereocenters. The van der Waals surface area contributed by atoms with E-state index in [1.54, 1.807) is 23.2 Å². The molecule has 2 aliphatic rings. The molecule has 0 aliphatic carbocycles. The first kappa shape index (κ1) is 24.4. The van der Waals surface area contributed by atoms with E-state index in [-0.39, 0.29) is 33.9 Å². The van der Waals surface area contributed by atoms with Crippen LogP contribution in [-0.4, -0.2) is 60.2 Å². The van der Waals surface area contributed by atoms with Crippen molar-refractivity contribution in [3.05, 3.63) is 71.5 Å². The zero-order valence-corrected chi connectivity index (χ0v) is 20.3. The third kappa shape index (κ3) is 4.60. The Bertz CT molecular complexity index is 1200. The van der Waals surface area contributed by atoms with Gasteiger partial charge >= 0.3 is 5.97 Å². The number of ether oxygens (including phenoxy) is 1. The number of esters is 1. The Kier molecular flexibility index (Phi) is 7.06. The summed E-state index contributed by atoms with van der Waals surface area (Å²) in [5, 5.41) is 0.0878. The highest BCUT2D eigenvalue weighted by Gasteiger charge is 2.49. The highest BCUT2D eigenvalue weighted by molar-refractivity contribution is 7.89. The molecule has 1 aromatic heterocycles. The minimum atomic E-state index is -4.17. The van der Waals surface area contributed by atoms with E-state index < -0.39 is 28.1 Å². The van der Waals surface area contributed by atoms with Crippen molar-refractivity contribution in [1.82, 2.24) is 14.2 Å². The molecule has 2 aromatic rings. The topological polar surface area (TPSA) is 96.9 Å². The first-order valence-corrected chi connectivity index (χ1v) is 12.8. The molecule has 0 N–H and O–H groups in total. The standard InChI is InChI=1S/C24H26ClN3O5S/c1-3-16-14-27(15-19-7-4-5-10-26-19)23(29)22-9-6-8-21(16)28(22)34(31,32)20-12-17(24(30)33-2)11-18(25)13-20/h3-5,7,10-13,16,21-22H,1,6,8-9,14-15H2,2H3/t16-,21-,22?/m0/s1. The van der Waals surface area contributed by atoms with Gasteiger partial charge in [0.2, 0.25) is 15.9 Å². The molecule has 3 heterocycles. The van der Waals surface area contributed by atoms with Gasteiger partial charge < -0.3 is 9.64 Å². The van der Waals surface area contributed by atoms with Crippen LogP contribution in [0.4, 0.5) is 0 Å². The molecule has 3 atom stereocenters. The maximum absolute atomic E-state index is 13.9. The number of rotatable bonds is 6. The number of pyridine rings is 1. The quantitative estimate of drug-likeness (QED) is 0.443. The van der Waals surface area contributed by atoms with Crippen LogP contribution in [0.15, 0.2) is 60.1 Å². The number of hydrogen-bond donors (Lipinski definition) is 0. The SMILES string of the molecule is C=C[C@H]1CN(Cc2ccccn2)C(=O)C2CCC[C@@H]1N2S(=O)(=O)c1cc(Cl)cc(C(=O)OC)c1. The van der Waals surface area contributed by atoms with Gasteiger partial charge in [0.1, 0.15) is 6.04 Å². The molecular weight excluding hydrogens is 478 g/mol. The average Bonchev–Trinajstić information content (AvgIpc) is 2.91. The average molecular weight is 504 g/mol. The Balaban J connectivity index is 1.77. The normalized spacial score (nSPS) is 23.3. The van der Waals surface area contributed by atoms with Gasteiger partial charge in [0.15, 0.2) is 0 Å². The van der Waals surface area contributed by atoms with Crippen molar-refractivity contribution in [2.24, 2.45) is 5.92 Å². The van der Waals surface area contributed by atoms with Crippen LogP contribution in [0, 0.1) is 5.92 Å². The Morgan fingerprint density at radius 3 is 2.76 bits per heavy atom. The number of sulfonamides is 1. The lowest BCUT2D eigenvalue weighted by Crippen LogP contribution is -2.54. The largest absolute Gasteiger partial charge is 0.465 e. The van der Waals surface area contributed by atoms with Crippen LogP contribution in [0.5, 0.6) is 0 Å². The zero-order valence-electron chi connectivity index (χ0n) is 18.8. The summed E-state index contributed by atoms with van der Waals surface area (Å²) in [6.45, 7) is 4.56. The summed E-state index contributed by atoms with van der Waals surface area (Å²) < 4.78 is 33.9. The lowest BCUT2D eigenvalue weighted by molar-refractivity contribution is -0.135. The van der Waals surface area contributed by atoms with E-state index in [9.17, 15) is 18.0 Å². The molecule has 1 aromatic carbocycles. The van der Waals surface area contributed by atoms with Crippen molar-refractivity contribution < 1.29 is 22.7 Å². The fourth-order valence-corrected chi connectivity index (χ4v) is 7.04. The number of benzene rings is 1. The number of amides is 1. The highest BCUT2D eigenvalue weighted by Crippen LogP contribution is 2.38. The van der Waals surface area contributed by atoms with Gasteiger partial charge in [-0.15, -0.1) is 6.58 Å². The second-order valence-corrected chi connectivity index (χ2v) is 10.7. The summed E-state index contributed by atoms with van der Waals surface area (Å²) in [5.74, 6) is -1.23. The van der Waals surface area contributed by atoms with E-state index in [1.807, 2.05) is 12.1 Å². The monoisotopic (exact) mass is 503 g/mol. The third-order valence-electron chi connectivity index (χ3n) is 6.38. The molecule has 180 valence electrons. The molecular formula is C24H26ClN3O5S. The van der Waals surface area contributed by atoms with Gasteiger partial charge in [-0.25, -0.2) is 13.2 Å². The van der Waals surface area contributed by atoms with Crippen molar-refractivity contribution in [3.8, 4) is 0 Å². The summed E-state index contributed by atoms with van der Waals surface area (Å²) in [6.07, 6.45) is 5.11. The van der Waals surface area contributed by atoms with E-state index in [0.29, 0.717) is 19.4 Å².